The van der Waals surface area contributed by atoms with Gasteiger partial charge in [-0.05, 0) is 29.3 Å². The van der Waals surface area contributed by atoms with Gasteiger partial charge in [-0.2, -0.15) is 0 Å². The van der Waals surface area contributed by atoms with Crippen molar-refractivity contribution in [2.24, 2.45) is 0 Å². The Kier molecular flexibility index (Phi) is 2.56. The van der Waals surface area contributed by atoms with E-state index in [1.807, 2.05) is 36.4 Å². The Morgan fingerprint density at radius 1 is 1.29 bits per heavy atom. The van der Waals surface area contributed by atoms with Gasteiger partial charge in [-0.1, -0.05) is 24.3 Å². The van der Waals surface area contributed by atoms with Crippen molar-refractivity contribution >= 4 is 0 Å². The van der Waals surface area contributed by atoms with Gasteiger partial charge < -0.3 is 5.11 Å². The van der Waals surface area contributed by atoms with Crippen molar-refractivity contribution in [3.05, 3.63) is 54.4 Å². The molecule has 14 heavy (non-hydrogen) atoms. The molecule has 2 heteroatoms. The molecule has 1 aromatic heterocycles. The smallest absolute Gasteiger partial charge is 0.0853 e. The standard InChI is InChI=1S/C12H10NO/c14-9-12-8-11(6-7-13-12)10-4-2-1-3-5-10/h1-4,6-8,14H,9H2. The van der Waals surface area contributed by atoms with E-state index in [1.165, 1.54) is 0 Å². The normalized spacial score (nSPS) is 10.1. The van der Waals surface area contributed by atoms with Crippen molar-refractivity contribution in [3.63, 3.8) is 0 Å². The summed E-state index contributed by atoms with van der Waals surface area (Å²) in [5.41, 5.74) is 2.73. The molecular weight excluding hydrogens is 174 g/mol. The van der Waals surface area contributed by atoms with E-state index in [0.717, 1.165) is 11.1 Å². The predicted molar refractivity (Wildman–Crippen MR) is 54.4 cm³/mol. The fourth-order valence-electron chi connectivity index (χ4n) is 1.31. The molecule has 1 heterocycles. The maximum atomic E-state index is 8.94. The van der Waals surface area contributed by atoms with E-state index in [0.29, 0.717) is 5.69 Å². The summed E-state index contributed by atoms with van der Waals surface area (Å²) in [7, 11) is 0. The fourth-order valence-corrected chi connectivity index (χ4v) is 1.31. The van der Waals surface area contributed by atoms with Crippen molar-refractivity contribution in [3.8, 4) is 11.1 Å². The van der Waals surface area contributed by atoms with Crippen LogP contribution < -0.4 is 0 Å². The monoisotopic (exact) mass is 184 g/mol. The second kappa shape index (κ2) is 4.03. The molecule has 0 spiro atoms. The highest BCUT2D eigenvalue weighted by Gasteiger charge is 1.98. The minimum atomic E-state index is -0.0271. The summed E-state index contributed by atoms with van der Waals surface area (Å²) in [6, 6.07) is 14.6. The molecule has 0 atom stereocenters. The Balaban J connectivity index is 2.42. The van der Waals surface area contributed by atoms with Gasteiger partial charge >= 0.3 is 0 Å². The van der Waals surface area contributed by atoms with E-state index in [4.69, 9.17) is 5.11 Å². The maximum absolute atomic E-state index is 8.94. The molecule has 2 nitrogen and oxygen atoms in total. The maximum Gasteiger partial charge on any atom is 0.0853 e. The Labute approximate surface area is 82.9 Å². The number of benzene rings is 1. The Bertz CT molecular complexity index is 412. The van der Waals surface area contributed by atoms with Crippen LogP contribution in [0, 0.1) is 6.07 Å². The summed E-state index contributed by atoms with van der Waals surface area (Å²) >= 11 is 0. The molecule has 0 aliphatic rings. The van der Waals surface area contributed by atoms with Gasteiger partial charge in [0.2, 0.25) is 0 Å². The van der Waals surface area contributed by atoms with Crippen molar-refractivity contribution < 1.29 is 5.11 Å². The summed E-state index contributed by atoms with van der Waals surface area (Å²) in [4.78, 5) is 4.02. The Morgan fingerprint density at radius 2 is 2.21 bits per heavy atom. The third-order valence-electron chi connectivity index (χ3n) is 2.00. The number of pyridine rings is 1. The zero-order chi connectivity index (χ0) is 9.80. The second-order valence-electron chi connectivity index (χ2n) is 2.97. The summed E-state index contributed by atoms with van der Waals surface area (Å²) in [6.07, 6.45) is 1.70. The van der Waals surface area contributed by atoms with Crippen LogP contribution in [0.2, 0.25) is 0 Å². The lowest BCUT2D eigenvalue weighted by Crippen LogP contribution is -1.88. The molecule has 0 aliphatic heterocycles. The minimum Gasteiger partial charge on any atom is -0.390 e. The van der Waals surface area contributed by atoms with E-state index < -0.39 is 0 Å². The van der Waals surface area contributed by atoms with E-state index in [-0.39, 0.29) is 6.61 Å². The molecule has 0 amide bonds. The van der Waals surface area contributed by atoms with Crippen molar-refractivity contribution in [2.75, 3.05) is 0 Å². The lowest BCUT2D eigenvalue weighted by Gasteiger charge is -2.01. The van der Waals surface area contributed by atoms with E-state index in [1.54, 1.807) is 6.20 Å². The second-order valence-corrected chi connectivity index (χ2v) is 2.97. The van der Waals surface area contributed by atoms with Crippen molar-refractivity contribution in [1.29, 1.82) is 0 Å². The SMILES string of the molecule is OCc1cc(-c2[c]cccc2)ccn1. The first-order valence-electron chi connectivity index (χ1n) is 4.43. The Hall–Kier alpha value is -1.67. The molecule has 1 aromatic carbocycles. The highest BCUT2D eigenvalue weighted by atomic mass is 16.3. The average Bonchev–Trinajstić information content (AvgIpc) is 2.30. The van der Waals surface area contributed by atoms with Crippen LogP contribution in [0.4, 0.5) is 0 Å². The highest BCUT2D eigenvalue weighted by Crippen LogP contribution is 2.17. The molecule has 69 valence electrons. The molecule has 0 aliphatic carbocycles. The van der Waals surface area contributed by atoms with Crippen LogP contribution in [0.5, 0.6) is 0 Å². The summed E-state index contributed by atoms with van der Waals surface area (Å²) < 4.78 is 0. The number of aliphatic hydroxyl groups is 1. The first-order valence-corrected chi connectivity index (χ1v) is 4.43. The van der Waals surface area contributed by atoms with E-state index in [9.17, 15) is 0 Å². The average molecular weight is 184 g/mol. The number of rotatable bonds is 2. The molecule has 2 rings (SSSR count). The molecule has 0 fully saturated rings. The summed E-state index contributed by atoms with van der Waals surface area (Å²) in [5, 5.41) is 8.94. The zero-order valence-corrected chi connectivity index (χ0v) is 7.64. The van der Waals surface area contributed by atoms with Crippen LogP contribution in [0.1, 0.15) is 5.69 Å². The topological polar surface area (TPSA) is 33.1 Å². The lowest BCUT2D eigenvalue weighted by atomic mass is 10.1. The van der Waals surface area contributed by atoms with Gasteiger partial charge in [0.15, 0.2) is 0 Å². The van der Waals surface area contributed by atoms with Gasteiger partial charge in [0.05, 0.1) is 12.3 Å². The number of nitrogens with zero attached hydrogens (tertiary/aromatic N) is 1. The van der Waals surface area contributed by atoms with Crippen molar-refractivity contribution in [2.45, 2.75) is 6.61 Å². The van der Waals surface area contributed by atoms with Crippen LogP contribution in [-0.4, -0.2) is 10.1 Å². The third kappa shape index (κ3) is 1.80. The fraction of sp³-hybridized carbons (Fsp3) is 0.0833. The number of hydrogen-bond acceptors (Lipinski definition) is 2. The zero-order valence-electron chi connectivity index (χ0n) is 7.64. The van der Waals surface area contributed by atoms with Crippen LogP contribution in [0.3, 0.4) is 0 Å². The largest absolute Gasteiger partial charge is 0.390 e. The van der Waals surface area contributed by atoms with Crippen LogP contribution >= 0.6 is 0 Å². The van der Waals surface area contributed by atoms with Gasteiger partial charge in [-0.3, -0.25) is 4.98 Å². The third-order valence-corrected chi connectivity index (χ3v) is 2.00. The highest BCUT2D eigenvalue weighted by molar-refractivity contribution is 5.62. The quantitative estimate of drug-likeness (QED) is 0.774. The van der Waals surface area contributed by atoms with Gasteiger partial charge in [0, 0.05) is 6.20 Å². The van der Waals surface area contributed by atoms with Gasteiger partial charge in [-0.15, -0.1) is 0 Å². The summed E-state index contributed by atoms with van der Waals surface area (Å²) in [5.74, 6) is 0. The Morgan fingerprint density at radius 3 is 2.93 bits per heavy atom. The molecule has 0 unspecified atom stereocenters. The van der Waals surface area contributed by atoms with Crippen LogP contribution in [0.25, 0.3) is 11.1 Å². The van der Waals surface area contributed by atoms with Gasteiger partial charge in [0.25, 0.3) is 0 Å². The van der Waals surface area contributed by atoms with E-state index in [2.05, 4.69) is 11.1 Å². The summed E-state index contributed by atoms with van der Waals surface area (Å²) in [6.45, 7) is -0.0271. The number of aromatic nitrogens is 1. The van der Waals surface area contributed by atoms with E-state index >= 15 is 0 Å². The van der Waals surface area contributed by atoms with Crippen molar-refractivity contribution in [1.82, 2.24) is 4.98 Å². The van der Waals surface area contributed by atoms with Crippen LogP contribution in [0.15, 0.2) is 42.6 Å². The van der Waals surface area contributed by atoms with Gasteiger partial charge in [-0.25, -0.2) is 0 Å². The molecular formula is C12H10NO. The minimum absolute atomic E-state index is 0.0271. The number of hydrogen-bond donors (Lipinski definition) is 1. The molecule has 0 saturated heterocycles. The first kappa shape index (κ1) is 8.91. The van der Waals surface area contributed by atoms with Gasteiger partial charge in [0.1, 0.15) is 0 Å². The molecule has 0 saturated carbocycles. The lowest BCUT2D eigenvalue weighted by molar-refractivity contribution is 0.277. The first-order chi connectivity index (χ1) is 6.90. The predicted octanol–water partition coefficient (Wildman–Crippen LogP) is 2.04. The molecule has 2 aromatic rings. The molecule has 0 bridgehead atoms. The van der Waals surface area contributed by atoms with Crippen LogP contribution in [-0.2, 0) is 6.61 Å². The molecule has 1 radical (unpaired) electrons. The molecule has 1 N–H and O–H groups in total. The number of aliphatic hydroxyl groups excluding tert-OH is 1.